The van der Waals surface area contributed by atoms with Gasteiger partial charge < -0.3 is 10.5 Å². The summed E-state index contributed by atoms with van der Waals surface area (Å²) in [6, 6.07) is 0.310. The summed E-state index contributed by atoms with van der Waals surface area (Å²) in [4.78, 5) is 10.8. The summed E-state index contributed by atoms with van der Waals surface area (Å²) in [6.45, 7) is 0. The van der Waals surface area contributed by atoms with Crippen LogP contribution in [0, 0.1) is 5.92 Å². The van der Waals surface area contributed by atoms with Crippen molar-refractivity contribution >= 4 is 5.97 Å². The first-order valence-corrected chi connectivity index (χ1v) is 4.04. The molecule has 0 amide bonds. The van der Waals surface area contributed by atoms with Crippen molar-refractivity contribution in [3.05, 3.63) is 0 Å². The first-order valence-electron chi connectivity index (χ1n) is 4.04. The lowest BCUT2D eigenvalue weighted by Gasteiger charge is -2.06. The number of rotatable bonds is 2. The summed E-state index contributed by atoms with van der Waals surface area (Å²) in [7, 11) is 1.43. The van der Waals surface area contributed by atoms with Crippen LogP contribution in [0.25, 0.3) is 0 Å². The minimum atomic E-state index is -0.107. The SMILES string of the molecule is COC(=O)C[C@H]1CC[C@H](N)C1. The summed E-state index contributed by atoms with van der Waals surface area (Å²) in [6.07, 6.45) is 3.66. The van der Waals surface area contributed by atoms with E-state index in [1.807, 2.05) is 0 Å². The molecule has 1 aliphatic carbocycles. The minimum Gasteiger partial charge on any atom is -0.469 e. The first-order chi connectivity index (χ1) is 5.22. The van der Waals surface area contributed by atoms with Crippen molar-refractivity contribution in [1.29, 1.82) is 0 Å². The highest BCUT2D eigenvalue weighted by Gasteiger charge is 2.23. The van der Waals surface area contributed by atoms with Gasteiger partial charge in [-0.25, -0.2) is 0 Å². The Morgan fingerprint density at radius 1 is 1.64 bits per heavy atom. The molecule has 11 heavy (non-hydrogen) atoms. The molecule has 1 saturated carbocycles. The van der Waals surface area contributed by atoms with Gasteiger partial charge in [-0.05, 0) is 25.2 Å². The number of methoxy groups -OCH3 is 1. The molecule has 1 aliphatic rings. The van der Waals surface area contributed by atoms with Crippen LogP contribution < -0.4 is 5.73 Å². The van der Waals surface area contributed by atoms with Crippen LogP contribution in [0.5, 0.6) is 0 Å². The lowest BCUT2D eigenvalue weighted by atomic mass is 10.0. The fourth-order valence-corrected chi connectivity index (χ4v) is 1.62. The van der Waals surface area contributed by atoms with E-state index in [2.05, 4.69) is 4.74 Å². The first kappa shape index (κ1) is 8.53. The van der Waals surface area contributed by atoms with Gasteiger partial charge in [0.25, 0.3) is 0 Å². The number of nitrogens with two attached hydrogens (primary N) is 1. The second-order valence-electron chi connectivity index (χ2n) is 3.22. The normalized spacial score (nSPS) is 30.4. The Bertz CT molecular complexity index is 147. The highest BCUT2D eigenvalue weighted by molar-refractivity contribution is 5.69. The van der Waals surface area contributed by atoms with Gasteiger partial charge in [0, 0.05) is 12.5 Å². The zero-order chi connectivity index (χ0) is 8.27. The molecule has 0 aromatic heterocycles. The average molecular weight is 157 g/mol. The molecule has 2 N–H and O–H groups in total. The van der Waals surface area contributed by atoms with Crippen LogP contribution in [-0.2, 0) is 9.53 Å². The van der Waals surface area contributed by atoms with Crippen LogP contribution in [0.2, 0.25) is 0 Å². The standard InChI is InChI=1S/C8H15NO2/c1-11-8(10)5-6-2-3-7(9)4-6/h6-7H,2-5,9H2,1H3/t6-,7-/m0/s1. The lowest BCUT2D eigenvalue weighted by Crippen LogP contribution is -2.15. The summed E-state index contributed by atoms with van der Waals surface area (Å²) < 4.78 is 4.57. The second-order valence-corrected chi connectivity index (χ2v) is 3.22. The number of carbonyl (C=O) groups excluding carboxylic acids is 1. The largest absolute Gasteiger partial charge is 0.469 e. The molecule has 0 saturated heterocycles. The van der Waals surface area contributed by atoms with Crippen LogP contribution in [-0.4, -0.2) is 19.1 Å². The molecule has 0 heterocycles. The molecule has 1 rings (SSSR count). The zero-order valence-electron chi connectivity index (χ0n) is 6.88. The number of hydrogen-bond donors (Lipinski definition) is 1. The number of ether oxygens (including phenoxy) is 1. The van der Waals surface area contributed by atoms with Gasteiger partial charge in [0.15, 0.2) is 0 Å². The van der Waals surface area contributed by atoms with E-state index in [0.29, 0.717) is 18.4 Å². The Labute approximate surface area is 66.9 Å². The molecule has 1 fully saturated rings. The second kappa shape index (κ2) is 3.72. The Balaban J connectivity index is 2.23. The van der Waals surface area contributed by atoms with Crippen LogP contribution in [0.15, 0.2) is 0 Å². The zero-order valence-corrected chi connectivity index (χ0v) is 6.88. The third-order valence-corrected chi connectivity index (χ3v) is 2.26. The lowest BCUT2D eigenvalue weighted by molar-refractivity contribution is -0.141. The van der Waals surface area contributed by atoms with Gasteiger partial charge in [-0.2, -0.15) is 0 Å². The van der Waals surface area contributed by atoms with Crippen molar-refractivity contribution in [2.45, 2.75) is 31.7 Å². The van der Waals surface area contributed by atoms with Crippen molar-refractivity contribution in [2.75, 3.05) is 7.11 Å². The molecule has 0 radical (unpaired) electrons. The van der Waals surface area contributed by atoms with E-state index >= 15 is 0 Å². The predicted molar refractivity (Wildman–Crippen MR) is 41.9 cm³/mol. The molecule has 0 aliphatic heterocycles. The van der Waals surface area contributed by atoms with Crippen molar-refractivity contribution in [2.24, 2.45) is 11.7 Å². The molecular weight excluding hydrogens is 142 g/mol. The molecule has 2 atom stereocenters. The maximum absolute atomic E-state index is 10.8. The molecule has 0 unspecified atom stereocenters. The van der Waals surface area contributed by atoms with E-state index in [4.69, 9.17) is 5.73 Å². The summed E-state index contributed by atoms with van der Waals surface area (Å²) >= 11 is 0. The molecular formula is C8H15NO2. The van der Waals surface area contributed by atoms with Gasteiger partial charge in [-0.3, -0.25) is 4.79 Å². The van der Waals surface area contributed by atoms with Crippen molar-refractivity contribution in [3.63, 3.8) is 0 Å². The van der Waals surface area contributed by atoms with Crippen LogP contribution in [0.1, 0.15) is 25.7 Å². The van der Waals surface area contributed by atoms with Gasteiger partial charge in [-0.15, -0.1) is 0 Å². The Morgan fingerprint density at radius 2 is 2.36 bits per heavy atom. The smallest absolute Gasteiger partial charge is 0.305 e. The van der Waals surface area contributed by atoms with Crippen LogP contribution >= 0.6 is 0 Å². The van der Waals surface area contributed by atoms with E-state index in [0.717, 1.165) is 19.3 Å². The molecule has 3 nitrogen and oxygen atoms in total. The minimum absolute atomic E-state index is 0.107. The topological polar surface area (TPSA) is 52.3 Å². The van der Waals surface area contributed by atoms with Crippen LogP contribution in [0.4, 0.5) is 0 Å². The van der Waals surface area contributed by atoms with Gasteiger partial charge in [0.05, 0.1) is 7.11 Å². The number of hydrogen-bond acceptors (Lipinski definition) is 3. The van der Waals surface area contributed by atoms with E-state index in [9.17, 15) is 4.79 Å². The maximum atomic E-state index is 10.8. The van der Waals surface area contributed by atoms with Crippen molar-refractivity contribution in [3.8, 4) is 0 Å². The molecule has 0 aromatic rings. The monoisotopic (exact) mass is 157 g/mol. The Kier molecular flexibility index (Phi) is 2.88. The predicted octanol–water partition coefficient (Wildman–Crippen LogP) is 0.677. The van der Waals surface area contributed by atoms with Crippen LogP contribution in [0.3, 0.4) is 0 Å². The van der Waals surface area contributed by atoms with Gasteiger partial charge >= 0.3 is 5.97 Å². The highest BCUT2D eigenvalue weighted by atomic mass is 16.5. The third-order valence-electron chi connectivity index (χ3n) is 2.26. The van der Waals surface area contributed by atoms with Gasteiger partial charge in [0.1, 0.15) is 0 Å². The van der Waals surface area contributed by atoms with E-state index in [1.165, 1.54) is 7.11 Å². The molecule has 0 bridgehead atoms. The fraction of sp³-hybridized carbons (Fsp3) is 0.875. The highest BCUT2D eigenvalue weighted by Crippen LogP contribution is 2.26. The van der Waals surface area contributed by atoms with Crippen molar-refractivity contribution in [1.82, 2.24) is 0 Å². The quantitative estimate of drug-likeness (QED) is 0.599. The van der Waals surface area contributed by atoms with Crippen molar-refractivity contribution < 1.29 is 9.53 Å². The summed E-state index contributed by atoms with van der Waals surface area (Å²) in [5.41, 5.74) is 5.69. The number of carbonyl (C=O) groups is 1. The fourth-order valence-electron chi connectivity index (χ4n) is 1.62. The van der Waals surface area contributed by atoms with E-state index < -0.39 is 0 Å². The summed E-state index contributed by atoms with van der Waals surface area (Å²) in [5.74, 6) is 0.363. The van der Waals surface area contributed by atoms with Gasteiger partial charge in [0.2, 0.25) is 0 Å². The Morgan fingerprint density at radius 3 is 2.82 bits per heavy atom. The Hall–Kier alpha value is -0.570. The molecule has 64 valence electrons. The van der Waals surface area contributed by atoms with E-state index in [-0.39, 0.29) is 5.97 Å². The number of esters is 1. The molecule has 0 aromatic carbocycles. The van der Waals surface area contributed by atoms with E-state index in [1.54, 1.807) is 0 Å². The third kappa shape index (κ3) is 2.50. The summed E-state index contributed by atoms with van der Waals surface area (Å²) in [5, 5.41) is 0. The maximum Gasteiger partial charge on any atom is 0.305 e. The van der Waals surface area contributed by atoms with Gasteiger partial charge in [-0.1, -0.05) is 0 Å². The molecule has 3 heteroatoms. The average Bonchev–Trinajstić information content (AvgIpc) is 2.35. The molecule has 0 spiro atoms.